The number of aromatic nitrogens is 1. The molecule has 186 valence electrons. The van der Waals surface area contributed by atoms with Crippen molar-refractivity contribution in [3.8, 4) is 11.6 Å². The fraction of sp³-hybridized carbons (Fsp3) is 0.346. The number of nitrogens with zero attached hydrogens (tertiary/aromatic N) is 2. The molecule has 2 amide bonds. The van der Waals surface area contributed by atoms with Crippen LogP contribution in [0.5, 0.6) is 11.6 Å². The van der Waals surface area contributed by atoms with Gasteiger partial charge in [0.15, 0.2) is 0 Å². The second-order valence-corrected chi connectivity index (χ2v) is 10.2. The van der Waals surface area contributed by atoms with Crippen LogP contribution in [0.15, 0.2) is 53.4 Å². The first-order valence-electron chi connectivity index (χ1n) is 11.9. The van der Waals surface area contributed by atoms with Gasteiger partial charge in [0, 0.05) is 40.7 Å². The first kappa shape index (κ1) is 22.9. The number of methoxy groups -OCH3 is 1. The van der Waals surface area contributed by atoms with Crippen molar-refractivity contribution >= 4 is 46.0 Å². The number of amides is 2. The fourth-order valence-electron chi connectivity index (χ4n) is 4.65. The minimum absolute atomic E-state index is 0.0323. The maximum atomic E-state index is 12.5. The highest BCUT2D eigenvalue weighted by Gasteiger charge is 2.36. The van der Waals surface area contributed by atoms with E-state index in [1.54, 1.807) is 12.0 Å². The number of anilines is 2. The number of carbonyl (C=O) groups excluding carboxylic acids is 2. The van der Waals surface area contributed by atoms with Crippen molar-refractivity contribution in [1.82, 2.24) is 10.3 Å². The van der Waals surface area contributed by atoms with E-state index in [-0.39, 0.29) is 24.2 Å². The van der Waals surface area contributed by atoms with Gasteiger partial charge in [-0.3, -0.25) is 9.69 Å². The summed E-state index contributed by atoms with van der Waals surface area (Å²) >= 11 is 1.50. The molecular weight excluding hydrogens is 480 g/mol. The van der Waals surface area contributed by atoms with Crippen molar-refractivity contribution in [3.05, 3.63) is 48.5 Å². The number of fused-ring (bicyclic) bond motifs is 2. The van der Waals surface area contributed by atoms with Gasteiger partial charge in [-0.2, -0.15) is 0 Å². The lowest BCUT2D eigenvalue weighted by atomic mass is 9.89. The van der Waals surface area contributed by atoms with Crippen LogP contribution in [0.1, 0.15) is 12.8 Å². The lowest BCUT2D eigenvalue weighted by molar-refractivity contribution is -0.113. The maximum Gasteiger partial charge on any atom is 0.414 e. The number of thioether (sulfide) groups is 1. The third-order valence-corrected chi connectivity index (χ3v) is 7.75. The Morgan fingerprint density at radius 2 is 2.03 bits per heavy atom. The Bertz CT molecular complexity index is 1330. The minimum atomic E-state index is -0.370. The molecular formula is C26H26N4O5S. The average Bonchev–Trinajstić information content (AvgIpc) is 3.24. The van der Waals surface area contributed by atoms with Crippen LogP contribution >= 0.6 is 11.8 Å². The molecule has 1 atom stereocenters. The lowest BCUT2D eigenvalue weighted by Crippen LogP contribution is -2.49. The molecule has 2 fully saturated rings. The first-order chi connectivity index (χ1) is 17.5. The molecule has 1 saturated heterocycles. The van der Waals surface area contributed by atoms with Crippen LogP contribution < -0.4 is 25.0 Å². The molecule has 0 radical (unpaired) electrons. The zero-order valence-electron chi connectivity index (χ0n) is 19.7. The van der Waals surface area contributed by atoms with E-state index in [9.17, 15) is 9.59 Å². The molecule has 2 aliphatic heterocycles. The summed E-state index contributed by atoms with van der Waals surface area (Å²) in [5, 5.41) is 7.39. The van der Waals surface area contributed by atoms with Gasteiger partial charge in [0.25, 0.3) is 0 Å². The van der Waals surface area contributed by atoms with Crippen LogP contribution in [-0.4, -0.2) is 61.2 Å². The molecule has 10 heteroatoms. The molecule has 36 heavy (non-hydrogen) atoms. The number of ether oxygens (including phenoxy) is 3. The van der Waals surface area contributed by atoms with Crippen LogP contribution in [0, 0.1) is 0 Å². The summed E-state index contributed by atoms with van der Waals surface area (Å²) in [7, 11) is 1.64. The molecule has 0 spiro atoms. The Labute approximate surface area is 212 Å². The van der Waals surface area contributed by atoms with Crippen molar-refractivity contribution in [2.24, 2.45) is 0 Å². The van der Waals surface area contributed by atoms with Crippen molar-refractivity contribution < 1.29 is 23.8 Å². The van der Waals surface area contributed by atoms with Gasteiger partial charge < -0.3 is 24.8 Å². The molecule has 3 aliphatic rings. The third kappa shape index (κ3) is 4.66. The summed E-state index contributed by atoms with van der Waals surface area (Å²) in [4.78, 5) is 31.4. The number of carbonyl (C=O) groups is 2. The zero-order valence-corrected chi connectivity index (χ0v) is 20.5. The predicted molar refractivity (Wildman–Crippen MR) is 137 cm³/mol. The molecule has 9 nitrogen and oxygen atoms in total. The van der Waals surface area contributed by atoms with Crippen molar-refractivity contribution in [2.45, 2.75) is 36.0 Å². The second-order valence-electron chi connectivity index (χ2n) is 9.16. The number of benzene rings is 2. The third-order valence-electron chi connectivity index (χ3n) is 6.67. The molecule has 6 rings (SSSR count). The fourth-order valence-corrected chi connectivity index (χ4v) is 5.43. The molecule has 1 saturated carbocycles. The second kappa shape index (κ2) is 9.51. The van der Waals surface area contributed by atoms with E-state index in [2.05, 4.69) is 15.6 Å². The van der Waals surface area contributed by atoms with Gasteiger partial charge >= 0.3 is 6.09 Å². The maximum absolute atomic E-state index is 12.5. The number of rotatable bonds is 7. The van der Waals surface area contributed by atoms with Crippen molar-refractivity contribution in [2.75, 3.05) is 36.2 Å². The van der Waals surface area contributed by atoms with Crippen LogP contribution in [0.2, 0.25) is 0 Å². The highest BCUT2D eigenvalue weighted by Crippen LogP contribution is 2.35. The molecule has 1 unspecified atom stereocenters. The highest BCUT2D eigenvalue weighted by atomic mass is 32.2. The predicted octanol–water partition coefficient (Wildman–Crippen LogP) is 3.81. The molecule has 1 aromatic heterocycles. The molecule has 3 heterocycles. The Hall–Kier alpha value is -3.50. The average molecular weight is 507 g/mol. The number of hydrogen-bond acceptors (Lipinski definition) is 8. The van der Waals surface area contributed by atoms with E-state index < -0.39 is 0 Å². The number of pyridine rings is 1. The Morgan fingerprint density at radius 3 is 2.89 bits per heavy atom. The summed E-state index contributed by atoms with van der Waals surface area (Å²) < 4.78 is 16.9. The Morgan fingerprint density at radius 1 is 1.17 bits per heavy atom. The molecule has 2 N–H and O–H groups in total. The van der Waals surface area contributed by atoms with Gasteiger partial charge in [-0.15, -0.1) is 11.8 Å². The first-order valence-corrected chi connectivity index (χ1v) is 12.9. The standard InChI is InChI=1S/C26H26N4O5S/c1-33-18-5-2-15-3-7-25(29-21(15)11-18)34-19-8-16(9-19)27-12-20-13-30(26(32)35-20)17-4-6-23-22(10-17)28-24(31)14-36-23/h2-7,10-11,16,19-20,27H,8-9,12-14H2,1H3,(H,28,31). The number of cyclic esters (lactones) is 1. The van der Waals surface area contributed by atoms with Gasteiger partial charge in [-0.1, -0.05) is 0 Å². The van der Waals surface area contributed by atoms with Gasteiger partial charge in [-0.25, -0.2) is 9.78 Å². The van der Waals surface area contributed by atoms with Gasteiger partial charge in [0.1, 0.15) is 18.0 Å². The van der Waals surface area contributed by atoms with E-state index >= 15 is 0 Å². The smallest absolute Gasteiger partial charge is 0.414 e. The summed E-state index contributed by atoms with van der Waals surface area (Å²) in [5.41, 5.74) is 2.30. The quantitative estimate of drug-likeness (QED) is 0.499. The molecule has 0 bridgehead atoms. The number of hydrogen-bond donors (Lipinski definition) is 2. The summed E-state index contributed by atoms with van der Waals surface area (Å²) in [6.07, 6.45) is 1.22. The van der Waals surface area contributed by atoms with E-state index in [1.807, 2.05) is 48.5 Å². The summed E-state index contributed by atoms with van der Waals surface area (Å²) in [5.74, 6) is 1.75. The van der Waals surface area contributed by atoms with Crippen LogP contribution in [0.4, 0.5) is 16.2 Å². The SMILES string of the molecule is COc1ccc2ccc(OC3CC(NCC4CN(c5ccc6c(c5)NC(=O)CS6)C(=O)O4)C3)nc2c1. The largest absolute Gasteiger partial charge is 0.497 e. The van der Waals surface area contributed by atoms with E-state index in [0.717, 1.165) is 45.8 Å². The van der Waals surface area contributed by atoms with Gasteiger partial charge in [0.2, 0.25) is 11.8 Å². The van der Waals surface area contributed by atoms with E-state index in [0.29, 0.717) is 30.8 Å². The Kier molecular flexibility index (Phi) is 6.06. The molecule has 1 aliphatic carbocycles. The van der Waals surface area contributed by atoms with Crippen LogP contribution in [0.3, 0.4) is 0 Å². The summed E-state index contributed by atoms with van der Waals surface area (Å²) in [6.45, 7) is 1.04. The molecule has 2 aromatic carbocycles. The monoisotopic (exact) mass is 506 g/mol. The van der Waals surface area contributed by atoms with Crippen molar-refractivity contribution in [3.63, 3.8) is 0 Å². The van der Waals surface area contributed by atoms with Gasteiger partial charge in [-0.05, 0) is 49.2 Å². The van der Waals surface area contributed by atoms with Crippen LogP contribution in [-0.2, 0) is 9.53 Å². The Balaban J connectivity index is 0.986. The lowest BCUT2D eigenvalue weighted by Gasteiger charge is -2.36. The highest BCUT2D eigenvalue weighted by molar-refractivity contribution is 8.00. The summed E-state index contributed by atoms with van der Waals surface area (Å²) in [6, 6.07) is 15.7. The number of nitrogens with one attached hydrogen (secondary N) is 2. The normalized spacial score (nSPS) is 23.0. The van der Waals surface area contributed by atoms with Crippen LogP contribution in [0.25, 0.3) is 10.9 Å². The molecule has 3 aromatic rings. The minimum Gasteiger partial charge on any atom is -0.497 e. The van der Waals surface area contributed by atoms with E-state index in [1.165, 1.54) is 11.8 Å². The topological polar surface area (TPSA) is 102 Å². The van der Waals surface area contributed by atoms with E-state index in [4.69, 9.17) is 14.2 Å². The zero-order chi connectivity index (χ0) is 24.6. The van der Waals surface area contributed by atoms with Crippen molar-refractivity contribution in [1.29, 1.82) is 0 Å². The van der Waals surface area contributed by atoms with Gasteiger partial charge in [0.05, 0.1) is 30.6 Å².